The van der Waals surface area contributed by atoms with Gasteiger partial charge in [0.1, 0.15) is 5.76 Å². The number of hydrogen-bond acceptors (Lipinski definition) is 4. The van der Waals surface area contributed by atoms with E-state index in [1.54, 1.807) is 0 Å². The molecule has 1 aromatic heterocycles. The highest BCUT2D eigenvalue weighted by atomic mass is 79.9. The van der Waals surface area contributed by atoms with Crippen LogP contribution in [0.1, 0.15) is 32.6 Å². The molecule has 0 aliphatic rings. The Labute approximate surface area is 110 Å². The van der Waals surface area contributed by atoms with Crippen LogP contribution in [0.25, 0.3) is 0 Å². The van der Waals surface area contributed by atoms with Gasteiger partial charge in [0.25, 0.3) is 0 Å². The fourth-order valence-corrected chi connectivity index (χ4v) is 1.74. The Hall–Kier alpha value is -0.810. The third-order valence-corrected chi connectivity index (χ3v) is 3.04. The van der Waals surface area contributed by atoms with Gasteiger partial charge >= 0.3 is 5.97 Å². The SMILES string of the molecule is COC(=O)C(C)(C)CNC(C)c1ccc(Br)o1. The van der Waals surface area contributed by atoms with Crippen molar-refractivity contribution < 1.29 is 13.9 Å². The fourth-order valence-electron chi connectivity index (χ4n) is 1.42. The molecular formula is C12H18BrNO3. The van der Waals surface area contributed by atoms with Crippen LogP contribution in [0.3, 0.4) is 0 Å². The average molecular weight is 304 g/mol. The normalized spacial score (nSPS) is 13.5. The predicted molar refractivity (Wildman–Crippen MR) is 68.6 cm³/mol. The molecule has 0 fully saturated rings. The molecule has 1 heterocycles. The molecule has 0 spiro atoms. The number of carbonyl (C=O) groups is 1. The van der Waals surface area contributed by atoms with Crippen LogP contribution in [0, 0.1) is 5.41 Å². The van der Waals surface area contributed by atoms with Gasteiger partial charge in [-0.15, -0.1) is 0 Å². The molecule has 1 rings (SSSR count). The maximum atomic E-state index is 11.5. The Morgan fingerprint density at radius 1 is 1.59 bits per heavy atom. The van der Waals surface area contributed by atoms with E-state index < -0.39 is 5.41 Å². The number of methoxy groups -OCH3 is 1. The minimum Gasteiger partial charge on any atom is -0.469 e. The molecule has 1 aromatic rings. The third kappa shape index (κ3) is 3.85. The Bertz CT molecular complexity index is 387. The number of halogens is 1. The van der Waals surface area contributed by atoms with E-state index in [4.69, 9.17) is 9.15 Å². The zero-order valence-electron chi connectivity index (χ0n) is 10.5. The summed E-state index contributed by atoms with van der Waals surface area (Å²) in [5.41, 5.74) is -0.549. The Balaban J connectivity index is 2.53. The van der Waals surface area contributed by atoms with E-state index in [1.165, 1.54) is 7.11 Å². The maximum Gasteiger partial charge on any atom is 0.312 e. The highest BCUT2D eigenvalue weighted by Crippen LogP contribution is 2.22. The molecule has 0 bridgehead atoms. The second-order valence-electron chi connectivity index (χ2n) is 4.62. The lowest BCUT2D eigenvalue weighted by molar-refractivity contribution is -0.150. The summed E-state index contributed by atoms with van der Waals surface area (Å²) in [5.74, 6) is 0.607. The quantitative estimate of drug-likeness (QED) is 0.850. The standard InChI is InChI=1S/C12H18BrNO3/c1-8(9-5-6-10(13)17-9)14-7-12(2,3)11(15)16-4/h5-6,8,14H,7H2,1-4H3. The van der Waals surface area contributed by atoms with Gasteiger partial charge in [0.05, 0.1) is 18.6 Å². The highest BCUT2D eigenvalue weighted by Gasteiger charge is 2.29. The van der Waals surface area contributed by atoms with Crippen LogP contribution in [0.15, 0.2) is 21.2 Å². The molecule has 96 valence electrons. The Morgan fingerprint density at radius 2 is 2.24 bits per heavy atom. The van der Waals surface area contributed by atoms with Gasteiger partial charge in [0.15, 0.2) is 4.67 Å². The van der Waals surface area contributed by atoms with Crippen molar-refractivity contribution in [3.63, 3.8) is 0 Å². The Morgan fingerprint density at radius 3 is 2.71 bits per heavy atom. The van der Waals surface area contributed by atoms with E-state index >= 15 is 0 Å². The van der Waals surface area contributed by atoms with Crippen molar-refractivity contribution in [2.45, 2.75) is 26.8 Å². The minimum absolute atomic E-state index is 0.0465. The fraction of sp³-hybridized carbons (Fsp3) is 0.583. The van der Waals surface area contributed by atoms with E-state index in [1.807, 2.05) is 32.9 Å². The number of furan rings is 1. The summed E-state index contributed by atoms with van der Waals surface area (Å²) in [6, 6.07) is 3.79. The molecular weight excluding hydrogens is 286 g/mol. The smallest absolute Gasteiger partial charge is 0.312 e. The van der Waals surface area contributed by atoms with Crippen LogP contribution < -0.4 is 5.32 Å². The number of rotatable bonds is 5. The van der Waals surface area contributed by atoms with Crippen LogP contribution in [-0.4, -0.2) is 19.6 Å². The van der Waals surface area contributed by atoms with Gasteiger partial charge in [-0.3, -0.25) is 4.79 Å². The lowest BCUT2D eigenvalue weighted by Gasteiger charge is -2.23. The van der Waals surface area contributed by atoms with E-state index in [0.717, 1.165) is 5.76 Å². The van der Waals surface area contributed by atoms with Crippen molar-refractivity contribution in [2.24, 2.45) is 5.41 Å². The van der Waals surface area contributed by atoms with E-state index in [9.17, 15) is 4.79 Å². The summed E-state index contributed by atoms with van der Waals surface area (Å²) in [7, 11) is 1.40. The van der Waals surface area contributed by atoms with Crippen molar-refractivity contribution in [1.82, 2.24) is 5.32 Å². The van der Waals surface area contributed by atoms with Crippen LogP contribution in [0.2, 0.25) is 0 Å². The largest absolute Gasteiger partial charge is 0.469 e. The van der Waals surface area contributed by atoms with Gasteiger partial charge in [0.2, 0.25) is 0 Å². The molecule has 0 saturated carbocycles. The van der Waals surface area contributed by atoms with Gasteiger partial charge in [-0.1, -0.05) is 0 Å². The van der Waals surface area contributed by atoms with E-state index in [0.29, 0.717) is 11.2 Å². The average Bonchev–Trinajstić information content (AvgIpc) is 2.71. The van der Waals surface area contributed by atoms with Crippen molar-refractivity contribution in [3.05, 3.63) is 22.6 Å². The van der Waals surface area contributed by atoms with Crippen LogP contribution >= 0.6 is 15.9 Å². The topological polar surface area (TPSA) is 51.5 Å². The van der Waals surface area contributed by atoms with Crippen molar-refractivity contribution in [1.29, 1.82) is 0 Å². The molecule has 1 unspecified atom stereocenters. The first-order chi connectivity index (χ1) is 7.86. The van der Waals surface area contributed by atoms with Crippen LogP contribution in [-0.2, 0) is 9.53 Å². The number of ether oxygens (including phenoxy) is 1. The summed E-state index contributed by atoms with van der Waals surface area (Å²) >= 11 is 3.26. The first kappa shape index (κ1) is 14.3. The molecule has 0 aliphatic carbocycles. The zero-order chi connectivity index (χ0) is 13.1. The highest BCUT2D eigenvalue weighted by molar-refractivity contribution is 9.10. The van der Waals surface area contributed by atoms with Crippen molar-refractivity contribution in [2.75, 3.05) is 13.7 Å². The summed E-state index contributed by atoms with van der Waals surface area (Å²) in [5, 5.41) is 3.25. The van der Waals surface area contributed by atoms with Gasteiger partial charge in [-0.25, -0.2) is 0 Å². The first-order valence-corrected chi connectivity index (χ1v) is 6.23. The van der Waals surface area contributed by atoms with Crippen molar-refractivity contribution in [3.8, 4) is 0 Å². The van der Waals surface area contributed by atoms with Crippen molar-refractivity contribution >= 4 is 21.9 Å². The molecule has 0 amide bonds. The van der Waals surface area contributed by atoms with Gasteiger partial charge < -0.3 is 14.5 Å². The van der Waals surface area contributed by atoms with E-state index in [-0.39, 0.29) is 12.0 Å². The lowest BCUT2D eigenvalue weighted by atomic mass is 9.93. The van der Waals surface area contributed by atoms with Crippen LogP contribution in [0.4, 0.5) is 0 Å². The molecule has 0 aliphatic heterocycles. The molecule has 0 saturated heterocycles. The number of esters is 1. The van der Waals surface area contributed by atoms with Gasteiger partial charge in [-0.05, 0) is 48.8 Å². The minimum atomic E-state index is -0.549. The summed E-state index contributed by atoms with van der Waals surface area (Å²) in [6.45, 7) is 6.20. The van der Waals surface area contributed by atoms with E-state index in [2.05, 4.69) is 21.2 Å². The lowest BCUT2D eigenvalue weighted by Crippen LogP contribution is -2.37. The van der Waals surface area contributed by atoms with Crippen LogP contribution in [0.5, 0.6) is 0 Å². The third-order valence-electron chi connectivity index (χ3n) is 2.61. The molecule has 4 nitrogen and oxygen atoms in total. The summed E-state index contributed by atoms with van der Waals surface area (Å²) in [6.07, 6.45) is 0. The maximum absolute atomic E-state index is 11.5. The molecule has 0 radical (unpaired) electrons. The molecule has 5 heteroatoms. The van der Waals surface area contributed by atoms with Gasteiger partial charge in [-0.2, -0.15) is 0 Å². The number of carbonyl (C=O) groups excluding carboxylic acids is 1. The molecule has 1 atom stereocenters. The Kier molecular flexibility index (Phi) is 4.77. The monoisotopic (exact) mass is 303 g/mol. The summed E-state index contributed by atoms with van der Waals surface area (Å²) < 4.78 is 10.9. The predicted octanol–water partition coefficient (Wildman–Crippen LogP) is 2.89. The first-order valence-electron chi connectivity index (χ1n) is 5.44. The molecule has 0 aromatic carbocycles. The summed E-state index contributed by atoms with van der Waals surface area (Å²) in [4.78, 5) is 11.5. The molecule has 17 heavy (non-hydrogen) atoms. The molecule has 1 N–H and O–H groups in total. The second-order valence-corrected chi connectivity index (χ2v) is 5.40. The number of nitrogens with one attached hydrogen (secondary N) is 1. The zero-order valence-corrected chi connectivity index (χ0v) is 12.1. The second kappa shape index (κ2) is 5.69. The van der Waals surface area contributed by atoms with Gasteiger partial charge in [0, 0.05) is 6.54 Å². The number of hydrogen-bond donors (Lipinski definition) is 1.